The Labute approximate surface area is 186 Å². The van der Waals surface area contributed by atoms with Crippen LogP contribution in [-0.2, 0) is 11.2 Å². The average molecular weight is 425 g/mol. The van der Waals surface area contributed by atoms with E-state index in [1.54, 1.807) is 0 Å². The molecular weight excluding hydrogens is 380 g/mol. The van der Waals surface area contributed by atoms with Crippen molar-refractivity contribution < 1.29 is 4.79 Å². The molecular formula is C25H45ClN2O. The van der Waals surface area contributed by atoms with Gasteiger partial charge in [-0.1, -0.05) is 108 Å². The molecule has 0 aromatic heterocycles. The van der Waals surface area contributed by atoms with Crippen molar-refractivity contribution in [2.24, 2.45) is 5.73 Å². The molecule has 0 radical (unpaired) electrons. The third-order valence-electron chi connectivity index (χ3n) is 5.49. The molecule has 1 amide bonds. The molecule has 0 fully saturated rings. The first-order valence-corrected chi connectivity index (χ1v) is 11.8. The summed E-state index contributed by atoms with van der Waals surface area (Å²) < 4.78 is 0. The van der Waals surface area contributed by atoms with Gasteiger partial charge in [-0.25, -0.2) is 0 Å². The molecule has 1 aromatic rings. The third kappa shape index (κ3) is 13.7. The lowest BCUT2D eigenvalue weighted by atomic mass is 10.0. The van der Waals surface area contributed by atoms with Crippen molar-refractivity contribution in [3.05, 3.63) is 35.9 Å². The van der Waals surface area contributed by atoms with Crippen molar-refractivity contribution in [2.75, 3.05) is 13.1 Å². The van der Waals surface area contributed by atoms with E-state index in [1.165, 1.54) is 64.2 Å². The average Bonchev–Trinajstić information content (AvgIpc) is 2.71. The van der Waals surface area contributed by atoms with Gasteiger partial charge in [-0.05, 0) is 24.8 Å². The van der Waals surface area contributed by atoms with E-state index in [0.717, 1.165) is 31.5 Å². The number of hydrogen-bond acceptors (Lipinski definition) is 2. The fourth-order valence-corrected chi connectivity index (χ4v) is 3.69. The molecule has 1 aromatic carbocycles. The lowest BCUT2D eigenvalue weighted by Crippen LogP contribution is -2.45. The van der Waals surface area contributed by atoms with Crippen molar-refractivity contribution in [3.8, 4) is 0 Å². The highest BCUT2D eigenvalue weighted by molar-refractivity contribution is 5.85. The zero-order chi connectivity index (χ0) is 20.5. The number of nitrogens with two attached hydrogens (primary N) is 1. The van der Waals surface area contributed by atoms with Crippen molar-refractivity contribution in [1.82, 2.24) is 4.90 Å². The monoisotopic (exact) mass is 424 g/mol. The molecule has 0 heterocycles. The zero-order valence-corrected chi connectivity index (χ0v) is 19.7. The summed E-state index contributed by atoms with van der Waals surface area (Å²) in [7, 11) is 0. The Morgan fingerprint density at radius 2 is 1.24 bits per heavy atom. The number of benzene rings is 1. The van der Waals surface area contributed by atoms with Gasteiger partial charge >= 0.3 is 0 Å². The van der Waals surface area contributed by atoms with Crippen molar-refractivity contribution in [1.29, 1.82) is 0 Å². The van der Waals surface area contributed by atoms with E-state index in [0.29, 0.717) is 6.42 Å². The van der Waals surface area contributed by atoms with Crippen LogP contribution in [0.4, 0.5) is 0 Å². The Bertz CT molecular complexity index is 479. The van der Waals surface area contributed by atoms with E-state index in [9.17, 15) is 4.79 Å². The zero-order valence-electron chi connectivity index (χ0n) is 18.9. The van der Waals surface area contributed by atoms with Crippen LogP contribution in [0.15, 0.2) is 30.3 Å². The summed E-state index contributed by atoms with van der Waals surface area (Å²) in [5.74, 6) is 0.131. The second-order valence-electron chi connectivity index (χ2n) is 8.16. The molecule has 0 spiro atoms. The van der Waals surface area contributed by atoms with E-state index in [2.05, 4.69) is 26.0 Å². The van der Waals surface area contributed by atoms with Gasteiger partial charge in [0.05, 0.1) is 6.04 Å². The number of nitrogens with zero attached hydrogens (tertiary/aromatic N) is 1. The molecule has 2 N–H and O–H groups in total. The maximum atomic E-state index is 13.0. The number of hydrogen-bond donors (Lipinski definition) is 1. The van der Waals surface area contributed by atoms with Crippen molar-refractivity contribution in [2.45, 2.75) is 103 Å². The van der Waals surface area contributed by atoms with E-state index in [1.807, 2.05) is 23.1 Å². The fraction of sp³-hybridized carbons (Fsp3) is 0.720. The molecule has 0 unspecified atom stereocenters. The number of carbonyl (C=O) groups is 1. The van der Waals surface area contributed by atoms with Crippen molar-refractivity contribution >= 4 is 18.3 Å². The summed E-state index contributed by atoms with van der Waals surface area (Å²) in [5, 5.41) is 0. The minimum absolute atomic E-state index is 0. The molecule has 0 bridgehead atoms. The Hall–Kier alpha value is -1.06. The van der Waals surface area contributed by atoms with Crippen LogP contribution >= 0.6 is 12.4 Å². The van der Waals surface area contributed by atoms with Gasteiger partial charge in [0.1, 0.15) is 0 Å². The maximum Gasteiger partial charge on any atom is 0.239 e. The van der Waals surface area contributed by atoms with Crippen molar-refractivity contribution in [3.63, 3.8) is 0 Å². The Balaban J connectivity index is 0.00000784. The van der Waals surface area contributed by atoms with Crippen LogP contribution in [-0.4, -0.2) is 29.9 Å². The second-order valence-corrected chi connectivity index (χ2v) is 8.16. The lowest BCUT2D eigenvalue weighted by molar-refractivity contribution is -0.132. The van der Waals surface area contributed by atoms with Crippen LogP contribution in [0.2, 0.25) is 0 Å². The first-order chi connectivity index (χ1) is 13.7. The largest absolute Gasteiger partial charge is 0.341 e. The molecule has 3 nitrogen and oxygen atoms in total. The summed E-state index contributed by atoms with van der Waals surface area (Å²) in [6.07, 6.45) is 15.6. The summed E-state index contributed by atoms with van der Waals surface area (Å²) in [6, 6.07) is 9.70. The van der Waals surface area contributed by atoms with Crippen LogP contribution in [0.1, 0.15) is 96.5 Å². The van der Waals surface area contributed by atoms with Gasteiger partial charge < -0.3 is 10.6 Å². The third-order valence-corrected chi connectivity index (χ3v) is 5.49. The number of amides is 1. The topological polar surface area (TPSA) is 46.3 Å². The number of halogens is 1. The minimum atomic E-state index is -0.428. The molecule has 1 rings (SSSR count). The lowest BCUT2D eigenvalue weighted by Gasteiger charge is -2.26. The van der Waals surface area contributed by atoms with Crippen LogP contribution in [0.5, 0.6) is 0 Å². The molecule has 0 aliphatic heterocycles. The van der Waals surface area contributed by atoms with Gasteiger partial charge in [0.15, 0.2) is 0 Å². The highest BCUT2D eigenvalue weighted by Gasteiger charge is 2.20. The maximum absolute atomic E-state index is 13.0. The molecule has 0 aliphatic carbocycles. The molecule has 29 heavy (non-hydrogen) atoms. The van der Waals surface area contributed by atoms with Gasteiger partial charge in [-0.3, -0.25) is 4.79 Å². The van der Waals surface area contributed by atoms with E-state index in [-0.39, 0.29) is 18.3 Å². The molecule has 168 valence electrons. The molecule has 0 saturated heterocycles. The SMILES string of the molecule is CCCCCCCCN(CCCCCCCC)C(=O)[C@@H](N)Cc1ccccc1.Cl. The van der Waals surface area contributed by atoms with Gasteiger partial charge in [0, 0.05) is 13.1 Å². The van der Waals surface area contributed by atoms with Gasteiger partial charge in [0.2, 0.25) is 5.91 Å². The molecule has 4 heteroatoms. The Morgan fingerprint density at radius 3 is 1.72 bits per heavy atom. The van der Waals surface area contributed by atoms with Gasteiger partial charge in [0.25, 0.3) is 0 Å². The summed E-state index contributed by atoms with van der Waals surface area (Å²) >= 11 is 0. The number of unbranched alkanes of at least 4 members (excludes halogenated alkanes) is 10. The second kappa shape index (κ2) is 18.9. The van der Waals surface area contributed by atoms with Crippen LogP contribution in [0, 0.1) is 0 Å². The van der Waals surface area contributed by atoms with Crippen LogP contribution < -0.4 is 5.73 Å². The summed E-state index contributed by atoms with van der Waals surface area (Å²) in [5.41, 5.74) is 7.44. The fourth-order valence-electron chi connectivity index (χ4n) is 3.69. The smallest absolute Gasteiger partial charge is 0.239 e. The molecule has 0 aliphatic rings. The predicted molar refractivity (Wildman–Crippen MR) is 129 cm³/mol. The minimum Gasteiger partial charge on any atom is -0.341 e. The number of carbonyl (C=O) groups excluding carboxylic acids is 1. The van der Waals surface area contributed by atoms with E-state index in [4.69, 9.17) is 5.73 Å². The highest BCUT2D eigenvalue weighted by atomic mass is 35.5. The van der Waals surface area contributed by atoms with Crippen LogP contribution in [0.25, 0.3) is 0 Å². The van der Waals surface area contributed by atoms with E-state index < -0.39 is 6.04 Å². The normalized spacial score (nSPS) is 11.7. The standard InChI is InChI=1S/C25H44N2O.ClH/c1-3-5-7-9-11-16-20-27(21-17-12-10-8-6-4-2)25(28)24(26)22-23-18-14-13-15-19-23;/h13-15,18-19,24H,3-12,16-17,20-22,26H2,1-2H3;1H/t24-;/m0./s1. The highest BCUT2D eigenvalue weighted by Crippen LogP contribution is 2.11. The van der Waals surface area contributed by atoms with Crippen LogP contribution in [0.3, 0.4) is 0 Å². The summed E-state index contributed by atoms with van der Waals surface area (Å²) in [4.78, 5) is 15.0. The quantitative estimate of drug-likeness (QED) is 0.289. The first kappa shape index (κ1) is 27.9. The molecule has 1 atom stereocenters. The van der Waals surface area contributed by atoms with E-state index >= 15 is 0 Å². The van der Waals surface area contributed by atoms with Gasteiger partial charge in [-0.15, -0.1) is 12.4 Å². The Morgan fingerprint density at radius 1 is 0.793 bits per heavy atom. The Kier molecular flexibility index (Phi) is 18.2. The summed E-state index contributed by atoms with van der Waals surface area (Å²) in [6.45, 7) is 6.22. The predicted octanol–water partition coefficient (Wildman–Crippen LogP) is 6.53. The van der Waals surface area contributed by atoms with Gasteiger partial charge in [-0.2, -0.15) is 0 Å². The molecule has 0 saturated carbocycles. The number of rotatable bonds is 17. The first-order valence-electron chi connectivity index (χ1n) is 11.8.